The second-order valence-electron chi connectivity index (χ2n) is 5.02. The monoisotopic (exact) mass is 302 g/mol. The van der Waals surface area contributed by atoms with Crippen LogP contribution in [0.25, 0.3) is 0 Å². The Morgan fingerprint density at radius 1 is 1.37 bits per heavy atom. The fourth-order valence-corrected chi connectivity index (χ4v) is 2.89. The van der Waals surface area contributed by atoms with Crippen LogP contribution in [0.5, 0.6) is 0 Å². The van der Waals surface area contributed by atoms with Gasteiger partial charge in [0.2, 0.25) is 0 Å². The van der Waals surface area contributed by atoms with Gasteiger partial charge in [0.25, 0.3) is 5.91 Å². The average molecular weight is 303 g/mol. The Morgan fingerprint density at radius 3 is 2.63 bits per heavy atom. The lowest BCUT2D eigenvalue weighted by Gasteiger charge is -2.26. The van der Waals surface area contributed by atoms with Gasteiger partial charge in [-0.1, -0.05) is 36.0 Å². The number of aliphatic hydroxyl groups excluding tert-OH is 1. The maximum Gasteiger partial charge on any atom is 0.254 e. The van der Waals surface area contributed by atoms with E-state index in [0.717, 1.165) is 25.7 Å². The second kappa shape index (κ2) is 6.07. The zero-order valence-corrected chi connectivity index (χ0v) is 12.0. The minimum atomic E-state index is -0.283. The number of nitrogens with one attached hydrogen (secondary N) is 1. The van der Waals surface area contributed by atoms with Gasteiger partial charge in [0.1, 0.15) is 10.3 Å². The van der Waals surface area contributed by atoms with Crippen LogP contribution in [0.3, 0.4) is 0 Å². The molecule has 0 unspecified atom stereocenters. The van der Waals surface area contributed by atoms with Gasteiger partial charge in [-0.2, -0.15) is 0 Å². The van der Waals surface area contributed by atoms with Crippen molar-refractivity contribution in [2.45, 2.75) is 25.7 Å². The summed E-state index contributed by atoms with van der Waals surface area (Å²) in [6.45, 7) is 0.557. The van der Waals surface area contributed by atoms with E-state index in [9.17, 15) is 9.90 Å². The lowest BCUT2D eigenvalue weighted by atomic mass is 9.87. The maximum absolute atomic E-state index is 12.0. The molecule has 0 aliphatic heterocycles. The number of hydrogen-bond acceptors (Lipinski definition) is 3. The van der Waals surface area contributed by atoms with Gasteiger partial charge in [-0.3, -0.25) is 4.79 Å². The molecular formula is C13H16Cl2N2O2. The lowest BCUT2D eigenvalue weighted by Crippen LogP contribution is -2.38. The predicted molar refractivity (Wildman–Crippen MR) is 74.6 cm³/mol. The van der Waals surface area contributed by atoms with Gasteiger partial charge >= 0.3 is 0 Å². The number of rotatable bonds is 4. The summed E-state index contributed by atoms with van der Waals surface area (Å²) in [6, 6.07) is 3.08. The molecule has 0 saturated heterocycles. The van der Waals surface area contributed by atoms with Gasteiger partial charge in [-0.05, 0) is 25.0 Å². The molecule has 0 radical (unpaired) electrons. The molecule has 1 fully saturated rings. The summed E-state index contributed by atoms with van der Waals surface area (Å²) >= 11 is 11.6. The number of aliphatic hydroxyl groups is 1. The summed E-state index contributed by atoms with van der Waals surface area (Å²) in [5.74, 6) is -0.283. The van der Waals surface area contributed by atoms with Crippen molar-refractivity contribution in [1.82, 2.24) is 10.3 Å². The molecule has 0 bridgehead atoms. The van der Waals surface area contributed by atoms with Crippen molar-refractivity contribution in [2.75, 3.05) is 13.2 Å². The van der Waals surface area contributed by atoms with E-state index >= 15 is 0 Å². The molecule has 2 N–H and O–H groups in total. The van der Waals surface area contributed by atoms with Crippen molar-refractivity contribution >= 4 is 29.1 Å². The molecule has 1 amide bonds. The summed E-state index contributed by atoms with van der Waals surface area (Å²) < 4.78 is 0. The Balaban J connectivity index is 2.01. The van der Waals surface area contributed by atoms with E-state index in [1.54, 1.807) is 6.07 Å². The van der Waals surface area contributed by atoms with E-state index in [1.807, 2.05) is 0 Å². The molecule has 1 aromatic heterocycles. The van der Waals surface area contributed by atoms with Crippen LogP contribution >= 0.6 is 23.2 Å². The fourth-order valence-electron chi connectivity index (χ4n) is 2.46. The Bertz CT molecular complexity index is 474. The van der Waals surface area contributed by atoms with Crippen LogP contribution in [0.4, 0.5) is 0 Å². The Kier molecular flexibility index (Phi) is 4.66. The molecule has 1 aromatic rings. The third-order valence-electron chi connectivity index (χ3n) is 3.68. The molecule has 104 valence electrons. The zero-order chi connectivity index (χ0) is 13.9. The van der Waals surface area contributed by atoms with Crippen LogP contribution in [-0.2, 0) is 0 Å². The quantitative estimate of drug-likeness (QED) is 0.841. The molecule has 19 heavy (non-hydrogen) atoms. The summed E-state index contributed by atoms with van der Waals surface area (Å²) in [7, 11) is 0. The third-order valence-corrected chi connectivity index (χ3v) is 4.18. The summed E-state index contributed by atoms with van der Waals surface area (Å²) in [6.07, 6.45) is 4.08. The van der Waals surface area contributed by atoms with E-state index in [0.29, 0.717) is 12.1 Å². The standard InChI is InChI=1S/C13H16Cl2N2O2/c14-10-4-3-9(11(15)17-10)12(19)16-7-13(8-18)5-1-2-6-13/h3-4,18H,1-2,5-8H2,(H,16,19). The molecule has 1 aliphatic rings. The number of halogens is 2. The van der Waals surface area contributed by atoms with E-state index in [2.05, 4.69) is 10.3 Å². The first-order valence-corrected chi connectivity index (χ1v) is 7.03. The van der Waals surface area contributed by atoms with Crippen LogP contribution in [0.15, 0.2) is 12.1 Å². The van der Waals surface area contributed by atoms with Crippen LogP contribution < -0.4 is 5.32 Å². The number of carbonyl (C=O) groups is 1. The van der Waals surface area contributed by atoms with Crippen molar-refractivity contribution in [3.8, 4) is 0 Å². The number of hydrogen-bond donors (Lipinski definition) is 2. The first-order chi connectivity index (χ1) is 9.06. The largest absolute Gasteiger partial charge is 0.396 e. The first-order valence-electron chi connectivity index (χ1n) is 6.27. The second-order valence-corrected chi connectivity index (χ2v) is 5.77. The molecule has 2 rings (SSSR count). The number of amides is 1. The van der Waals surface area contributed by atoms with Crippen LogP contribution in [0, 0.1) is 5.41 Å². The summed E-state index contributed by atoms with van der Waals surface area (Å²) in [5.41, 5.74) is 0.124. The minimum absolute atomic E-state index is 0.0921. The summed E-state index contributed by atoms with van der Waals surface area (Å²) in [4.78, 5) is 15.9. The number of pyridine rings is 1. The van der Waals surface area contributed by atoms with Gasteiger partial charge in [-0.25, -0.2) is 4.98 Å². The summed E-state index contributed by atoms with van der Waals surface area (Å²) in [5, 5.41) is 12.7. The van der Waals surface area contributed by atoms with Gasteiger partial charge in [-0.15, -0.1) is 0 Å². The molecular weight excluding hydrogens is 287 g/mol. The van der Waals surface area contributed by atoms with Gasteiger partial charge in [0, 0.05) is 12.0 Å². The molecule has 0 atom stereocenters. The van der Waals surface area contributed by atoms with Crippen molar-refractivity contribution in [3.63, 3.8) is 0 Å². The van der Waals surface area contributed by atoms with Crippen molar-refractivity contribution in [1.29, 1.82) is 0 Å². The maximum atomic E-state index is 12.0. The fraction of sp³-hybridized carbons (Fsp3) is 0.538. The zero-order valence-electron chi connectivity index (χ0n) is 10.5. The molecule has 1 saturated carbocycles. The molecule has 0 spiro atoms. The van der Waals surface area contributed by atoms with E-state index in [-0.39, 0.29) is 28.2 Å². The Labute approximate surface area is 122 Å². The molecule has 6 heteroatoms. The van der Waals surface area contributed by atoms with E-state index in [4.69, 9.17) is 23.2 Å². The minimum Gasteiger partial charge on any atom is -0.396 e. The molecule has 1 aliphatic carbocycles. The molecule has 4 nitrogen and oxygen atoms in total. The average Bonchev–Trinajstić information content (AvgIpc) is 2.85. The predicted octanol–water partition coefficient (Wildman–Crippen LogP) is 2.67. The highest BCUT2D eigenvalue weighted by Gasteiger charge is 2.33. The SMILES string of the molecule is O=C(NCC1(CO)CCCC1)c1ccc(Cl)nc1Cl. The Hall–Kier alpha value is -0.840. The van der Waals surface area contributed by atoms with Gasteiger partial charge in [0.15, 0.2) is 0 Å². The van der Waals surface area contributed by atoms with Gasteiger partial charge in [0.05, 0.1) is 12.2 Å². The van der Waals surface area contributed by atoms with Crippen LogP contribution in [0.1, 0.15) is 36.0 Å². The first kappa shape index (κ1) is 14.6. The number of nitrogens with zero attached hydrogens (tertiary/aromatic N) is 1. The van der Waals surface area contributed by atoms with Crippen LogP contribution in [0.2, 0.25) is 10.3 Å². The lowest BCUT2D eigenvalue weighted by molar-refractivity contribution is 0.0880. The smallest absolute Gasteiger partial charge is 0.254 e. The van der Waals surface area contributed by atoms with E-state index in [1.165, 1.54) is 6.07 Å². The van der Waals surface area contributed by atoms with Crippen molar-refractivity contribution in [2.24, 2.45) is 5.41 Å². The number of carbonyl (C=O) groups excluding carboxylic acids is 1. The van der Waals surface area contributed by atoms with Gasteiger partial charge < -0.3 is 10.4 Å². The van der Waals surface area contributed by atoms with E-state index < -0.39 is 0 Å². The Morgan fingerprint density at radius 2 is 2.05 bits per heavy atom. The van der Waals surface area contributed by atoms with Crippen molar-refractivity contribution in [3.05, 3.63) is 28.0 Å². The molecule has 1 heterocycles. The highest BCUT2D eigenvalue weighted by Crippen LogP contribution is 2.36. The topological polar surface area (TPSA) is 62.2 Å². The van der Waals surface area contributed by atoms with Crippen LogP contribution in [-0.4, -0.2) is 29.1 Å². The highest BCUT2D eigenvalue weighted by molar-refractivity contribution is 6.34. The third kappa shape index (κ3) is 3.38. The van der Waals surface area contributed by atoms with Crippen molar-refractivity contribution < 1.29 is 9.90 Å². The molecule has 0 aromatic carbocycles. The normalized spacial score (nSPS) is 17.4. The highest BCUT2D eigenvalue weighted by atomic mass is 35.5. The number of aromatic nitrogens is 1.